The Morgan fingerprint density at radius 2 is 1.07 bits per heavy atom. The van der Waals surface area contributed by atoms with Gasteiger partial charge >= 0.3 is 0 Å². The van der Waals surface area contributed by atoms with Crippen LogP contribution in [0, 0.1) is 11.3 Å². The molecule has 12 heteroatoms. The lowest BCUT2D eigenvalue weighted by atomic mass is 9.89. The molecule has 0 aliphatic carbocycles. The standard InChI is InChI=1S/C15H32N2O3S.C14H30N2O3S/c1-7-15(2,3)14(18)16-10-8-11-17(4,5)12-9-13-21(6,19)20;1-6-13(2)14(17)15-9-7-10-16(3,4)11-8-12-20(5,18)19/h7-13H2,1-6H3;13H,6-12H2,1-5H3/p+2. The van der Waals surface area contributed by atoms with E-state index in [9.17, 15) is 26.4 Å². The number of carbonyl (C=O) groups excluding carboxylic acids is 2. The maximum Gasteiger partial charge on any atom is 0.225 e. The number of nitrogens with one attached hydrogen (secondary N) is 2. The number of quaternary nitrogens is 2. The fourth-order valence-corrected chi connectivity index (χ4v) is 5.23. The monoisotopic (exact) mass is 628 g/mol. The Bertz CT molecular complexity index is 977. The summed E-state index contributed by atoms with van der Waals surface area (Å²) in [4.78, 5) is 23.5. The minimum absolute atomic E-state index is 0.0762. The molecule has 2 N–H and O–H groups in total. The third kappa shape index (κ3) is 25.0. The Kier molecular flexibility index (Phi) is 19.5. The number of hydrogen-bond acceptors (Lipinski definition) is 6. The molecule has 41 heavy (non-hydrogen) atoms. The first-order chi connectivity index (χ1) is 18.5. The Morgan fingerprint density at radius 3 is 1.41 bits per heavy atom. The second-order valence-corrected chi connectivity index (χ2v) is 18.1. The van der Waals surface area contributed by atoms with Crippen LogP contribution in [0.1, 0.15) is 73.1 Å². The molecule has 1 atom stereocenters. The van der Waals surface area contributed by atoms with Crippen LogP contribution in [0.3, 0.4) is 0 Å². The summed E-state index contributed by atoms with van der Waals surface area (Å²) < 4.78 is 46.0. The zero-order chi connectivity index (χ0) is 32.5. The van der Waals surface area contributed by atoms with Crippen molar-refractivity contribution in [1.29, 1.82) is 0 Å². The quantitative estimate of drug-likeness (QED) is 0.158. The molecule has 0 aromatic heterocycles. The Balaban J connectivity index is 0. The number of sulfone groups is 2. The van der Waals surface area contributed by atoms with Crippen LogP contribution in [0.4, 0.5) is 0 Å². The molecule has 1 unspecified atom stereocenters. The highest BCUT2D eigenvalue weighted by atomic mass is 32.2. The summed E-state index contributed by atoms with van der Waals surface area (Å²) in [6.07, 6.45) is 7.41. The van der Waals surface area contributed by atoms with Crippen molar-refractivity contribution in [1.82, 2.24) is 10.6 Å². The minimum atomic E-state index is -2.87. The smallest absolute Gasteiger partial charge is 0.225 e. The molecule has 0 saturated heterocycles. The van der Waals surface area contributed by atoms with E-state index in [-0.39, 0.29) is 34.7 Å². The van der Waals surface area contributed by atoms with E-state index in [0.29, 0.717) is 25.9 Å². The number of nitrogens with zero attached hydrogens (tertiary/aromatic N) is 2. The van der Waals surface area contributed by atoms with Crippen molar-refractivity contribution in [3.8, 4) is 0 Å². The average Bonchev–Trinajstić information content (AvgIpc) is 2.82. The molecule has 0 rings (SSSR count). The van der Waals surface area contributed by atoms with Crippen LogP contribution in [-0.4, -0.2) is 129 Å². The first-order valence-electron chi connectivity index (χ1n) is 15.0. The lowest BCUT2D eigenvalue weighted by molar-refractivity contribution is -0.890. The van der Waals surface area contributed by atoms with Crippen molar-refractivity contribution < 1.29 is 35.4 Å². The van der Waals surface area contributed by atoms with Gasteiger partial charge in [-0.05, 0) is 12.8 Å². The van der Waals surface area contributed by atoms with Crippen molar-refractivity contribution >= 4 is 31.5 Å². The van der Waals surface area contributed by atoms with Gasteiger partial charge in [-0.15, -0.1) is 0 Å². The number of amides is 2. The maximum absolute atomic E-state index is 11.9. The molecule has 0 heterocycles. The van der Waals surface area contributed by atoms with Gasteiger partial charge in [0.15, 0.2) is 0 Å². The molecule has 0 aromatic carbocycles. The third-order valence-corrected chi connectivity index (χ3v) is 9.64. The zero-order valence-electron chi connectivity index (χ0n) is 28.1. The highest BCUT2D eigenvalue weighted by molar-refractivity contribution is 7.90. The second kappa shape index (κ2) is 19.1. The predicted octanol–water partition coefficient (Wildman–Crippen LogP) is 2.49. The molecule has 0 fully saturated rings. The van der Waals surface area contributed by atoms with E-state index in [2.05, 4.69) is 38.8 Å². The molecule has 10 nitrogen and oxygen atoms in total. The van der Waals surface area contributed by atoms with Crippen LogP contribution in [0.15, 0.2) is 0 Å². The molecule has 0 aliphatic heterocycles. The number of rotatable bonds is 20. The number of hydrogen-bond donors (Lipinski definition) is 2. The van der Waals surface area contributed by atoms with Gasteiger partial charge in [0, 0.05) is 62.6 Å². The van der Waals surface area contributed by atoms with E-state index in [1.165, 1.54) is 12.5 Å². The van der Waals surface area contributed by atoms with Crippen molar-refractivity contribution in [2.75, 3.05) is 91.5 Å². The van der Waals surface area contributed by atoms with Gasteiger partial charge in [-0.2, -0.15) is 0 Å². The lowest BCUT2D eigenvalue weighted by Gasteiger charge is -2.30. The van der Waals surface area contributed by atoms with E-state index in [0.717, 1.165) is 60.8 Å². The van der Waals surface area contributed by atoms with Gasteiger partial charge in [-0.3, -0.25) is 9.59 Å². The van der Waals surface area contributed by atoms with E-state index in [1.54, 1.807) is 0 Å². The van der Waals surface area contributed by atoms with Crippen LogP contribution in [0.5, 0.6) is 0 Å². The molecule has 0 saturated carbocycles. The molecule has 0 aromatic rings. The lowest BCUT2D eigenvalue weighted by Crippen LogP contribution is -2.44. The first kappa shape index (κ1) is 41.9. The summed E-state index contributed by atoms with van der Waals surface area (Å²) in [5, 5.41) is 5.92. The Morgan fingerprint density at radius 1 is 0.707 bits per heavy atom. The molecule has 0 bridgehead atoms. The summed E-state index contributed by atoms with van der Waals surface area (Å²) in [5.74, 6) is 0.796. The van der Waals surface area contributed by atoms with Crippen molar-refractivity contribution in [2.45, 2.75) is 73.1 Å². The predicted molar refractivity (Wildman–Crippen MR) is 171 cm³/mol. The Labute approximate surface area is 253 Å². The van der Waals surface area contributed by atoms with E-state index >= 15 is 0 Å². The van der Waals surface area contributed by atoms with Gasteiger partial charge < -0.3 is 19.6 Å². The summed E-state index contributed by atoms with van der Waals surface area (Å²) in [6, 6.07) is 0. The minimum Gasteiger partial charge on any atom is -0.356 e. The largest absolute Gasteiger partial charge is 0.356 e. The van der Waals surface area contributed by atoms with Crippen LogP contribution >= 0.6 is 0 Å². The molecule has 246 valence electrons. The van der Waals surface area contributed by atoms with Crippen molar-refractivity contribution in [3.05, 3.63) is 0 Å². The van der Waals surface area contributed by atoms with Gasteiger partial charge in [0.1, 0.15) is 19.7 Å². The molecular weight excluding hydrogens is 564 g/mol. The van der Waals surface area contributed by atoms with Crippen LogP contribution in [-0.2, 0) is 29.3 Å². The van der Waals surface area contributed by atoms with Gasteiger partial charge in [0.05, 0.1) is 65.9 Å². The van der Waals surface area contributed by atoms with Gasteiger partial charge in [0.25, 0.3) is 0 Å². The van der Waals surface area contributed by atoms with Crippen LogP contribution < -0.4 is 10.6 Å². The first-order valence-corrected chi connectivity index (χ1v) is 19.1. The molecule has 0 radical (unpaired) electrons. The van der Waals surface area contributed by atoms with E-state index < -0.39 is 19.7 Å². The Hall–Kier alpha value is -1.24. The SMILES string of the molecule is CCC(C)(C)C(=O)NCCC[N+](C)(C)CCCS(C)(=O)=O.CCC(C)C(=O)NCCC[N+](C)(C)CCCS(C)(=O)=O. The summed E-state index contributed by atoms with van der Waals surface area (Å²) >= 11 is 0. The van der Waals surface area contributed by atoms with Gasteiger partial charge in [-0.25, -0.2) is 16.8 Å². The topological polar surface area (TPSA) is 126 Å². The average molecular weight is 629 g/mol. The zero-order valence-corrected chi connectivity index (χ0v) is 29.8. The summed E-state index contributed by atoms with van der Waals surface area (Å²) in [5.41, 5.74) is -0.306. The fourth-order valence-electron chi connectivity index (χ4n) is 3.92. The normalized spacial score (nSPS) is 13.6. The third-order valence-electron chi connectivity index (χ3n) is 7.58. The summed E-state index contributed by atoms with van der Waals surface area (Å²) in [7, 11) is 2.65. The molecule has 0 spiro atoms. The van der Waals surface area contributed by atoms with E-state index in [1.807, 2.05) is 34.6 Å². The molecule has 2 amide bonds. The molecular formula is C29H64N4O6S2+2. The van der Waals surface area contributed by atoms with Crippen molar-refractivity contribution in [3.63, 3.8) is 0 Å². The van der Waals surface area contributed by atoms with Gasteiger partial charge in [0.2, 0.25) is 11.8 Å². The van der Waals surface area contributed by atoms with Crippen molar-refractivity contribution in [2.24, 2.45) is 11.3 Å². The van der Waals surface area contributed by atoms with Gasteiger partial charge in [-0.1, -0.05) is 34.6 Å². The molecule has 0 aliphatic rings. The second-order valence-electron chi connectivity index (χ2n) is 13.5. The van der Waals surface area contributed by atoms with Crippen LogP contribution in [0.25, 0.3) is 0 Å². The highest BCUT2D eigenvalue weighted by Gasteiger charge is 2.25. The maximum atomic E-state index is 11.9. The summed E-state index contributed by atoms with van der Waals surface area (Å²) in [6.45, 7) is 14.8. The van der Waals surface area contributed by atoms with Crippen LogP contribution in [0.2, 0.25) is 0 Å². The number of carbonyl (C=O) groups is 2. The highest BCUT2D eigenvalue weighted by Crippen LogP contribution is 2.19. The van der Waals surface area contributed by atoms with E-state index in [4.69, 9.17) is 0 Å². The fraction of sp³-hybridized carbons (Fsp3) is 0.931.